The van der Waals surface area contributed by atoms with Gasteiger partial charge in [-0.15, -0.1) is 0 Å². The third-order valence-electron chi connectivity index (χ3n) is 6.28. The van der Waals surface area contributed by atoms with Crippen LogP contribution in [0.2, 0.25) is 10.0 Å². The summed E-state index contributed by atoms with van der Waals surface area (Å²) in [6.45, 7) is 7.11. The molecular weight excluding hydrogens is 417 g/mol. The fourth-order valence-electron chi connectivity index (χ4n) is 4.71. The first-order valence-corrected chi connectivity index (χ1v) is 11.2. The quantitative estimate of drug-likeness (QED) is 0.573. The molecule has 1 saturated heterocycles. The molecule has 30 heavy (non-hydrogen) atoms. The Morgan fingerprint density at radius 3 is 2.70 bits per heavy atom. The van der Waals surface area contributed by atoms with Crippen LogP contribution < -0.4 is 5.32 Å². The standard InChI is InChI=1S/C23H25Cl2N5/c1-15(2)21-27-13-20-23(28-19-4-3-9-26-22(19)30(20)21)7-10-29(11-8-23)14-16-12-17(24)5-6-18(16)25/h3-6,9,12-13,15,28H,7-8,10-11,14H2,1-2H3. The van der Waals surface area contributed by atoms with Crippen LogP contribution in [0.25, 0.3) is 5.82 Å². The summed E-state index contributed by atoms with van der Waals surface area (Å²) in [4.78, 5) is 11.9. The SMILES string of the molecule is CC(C)c1ncc2n1-c1ncccc1NC21CCN(Cc2cc(Cl)ccc2Cl)CC1. The maximum absolute atomic E-state index is 6.40. The number of benzene rings is 1. The maximum atomic E-state index is 6.40. The van der Waals surface area contributed by atoms with Gasteiger partial charge < -0.3 is 5.32 Å². The molecule has 1 N–H and O–H groups in total. The molecule has 2 aromatic heterocycles. The number of piperidine rings is 1. The van der Waals surface area contributed by atoms with Crippen molar-refractivity contribution >= 4 is 28.9 Å². The largest absolute Gasteiger partial charge is 0.371 e. The van der Waals surface area contributed by atoms with Gasteiger partial charge >= 0.3 is 0 Å². The molecule has 1 fully saturated rings. The highest BCUT2D eigenvalue weighted by Crippen LogP contribution is 2.44. The molecule has 2 aliphatic rings. The molecule has 1 aromatic carbocycles. The molecule has 5 nitrogen and oxygen atoms in total. The fraction of sp³-hybridized carbons (Fsp3) is 0.391. The average Bonchev–Trinajstić information content (AvgIpc) is 3.19. The highest BCUT2D eigenvalue weighted by Gasteiger charge is 2.43. The summed E-state index contributed by atoms with van der Waals surface area (Å²) < 4.78 is 2.28. The Bertz CT molecular complexity index is 1080. The van der Waals surface area contributed by atoms with Gasteiger partial charge in [0.2, 0.25) is 0 Å². The molecule has 0 atom stereocenters. The van der Waals surface area contributed by atoms with Gasteiger partial charge in [-0.05, 0) is 48.7 Å². The summed E-state index contributed by atoms with van der Waals surface area (Å²) in [6.07, 6.45) is 5.87. The zero-order chi connectivity index (χ0) is 20.9. The zero-order valence-corrected chi connectivity index (χ0v) is 18.7. The second-order valence-electron chi connectivity index (χ2n) is 8.59. The van der Waals surface area contributed by atoms with E-state index in [0.717, 1.165) is 65.4 Å². The molecule has 2 aliphatic heterocycles. The van der Waals surface area contributed by atoms with E-state index in [2.05, 4.69) is 39.7 Å². The topological polar surface area (TPSA) is 46.0 Å². The third kappa shape index (κ3) is 3.29. The number of fused-ring (bicyclic) bond motifs is 4. The highest BCUT2D eigenvalue weighted by atomic mass is 35.5. The van der Waals surface area contributed by atoms with E-state index in [4.69, 9.17) is 28.2 Å². The lowest BCUT2D eigenvalue weighted by Gasteiger charge is -2.46. The molecule has 4 heterocycles. The van der Waals surface area contributed by atoms with Gasteiger partial charge in [-0.1, -0.05) is 37.0 Å². The van der Waals surface area contributed by atoms with Gasteiger partial charge in [0.15, 0.2) is 5.82 Å². The normalized spacial score (nSPS) is 17.6. The Morgan fingerprint density at radius 2 is 1.93 bits per heavy atom. The van der Waals surface area contributed by atoms with E-state index in [0.29, 0.717) is 5.92 Å². The smallest absolute Gasteiger partial charge is 0.161 e. The van der Waals surface area contributed by atoms with Crippen LogP contribution in [0.15, 0.2) is 42.7 Å². The molecule has 3 aromatic rings. The lowest BCUT2D eigenvalue weighted by molar-refractivity contribution is 0.161. The van der Waals surface area contributed by atoms with Gasteiger partial charge in [0.25, 0.3) is 0 Å². The number of imidazole rings is 1. The minimum Gasteiger partial charge on any atom is -0.371 e. The van der Waals surface area contributed by atoms with Crippen LogP contribution in [0.5, 0.6) is 0 Å². The van der Waals surface area contributed by atoms with Gasteiger partial charge in [0.05, 0.1) is 23.1 Å². The summed E-state index contributed by atoms with van der Waals surface area (Å²) >= 11 is 12.6. The van der Waals surface area contributed by atoms with Crippen LogP contribution in [-0.4, -0.2) is 32.5 Å². The van der Waals surface area contributed by atoms with Crippen molar-refractivity contribution in [2.45, 2.75) is 44.7 Å². The molecule has 156 valence electrons. The Hall–Kier alpha value is -2.08. The number of rotatable bonds is 3. The minimum absolute atomic E-state index is 0.134. The van der Waals surface area contributed by atoms with E-state index in [1.807, 2.05) is 36.7 Å². The monoisotopic (exact) mass is 441 g/mol. The zero-order valence-electron chi connectivity index (χ0n) is 17.2. The number of nitrogens with zero attached hydrogens (tertiary/aromatic N) is 4. The Balaban J connectivity index is 1.44. The lowest BCUT2D eigenvalue weighted by Crippen LogP contribution is -2.49. The average molecular weight is 442 g/mol. The van der Waals surface area contributed by atoms with E-state index in [9.17, 15) is 0 Å². The van der Waals surface area contributed by atoms with Crippen LogP contribution in [0.4, 0.5) is 5.69 Å². The second kappa shape index (κ2) is 7.56. The van der Waals surface area contributed by atoms with E-state index in [1.165, 1.54) is 5.69 Å². The van der Waals surface area contributed by atoms with Crippen LogP contribution >= 0.6 is 23.2 Å². The number of hydrogen-bond donors (Lipinski definition) is 1. The first-order valence-electron chi connectivity index (χ1n) is 10.4. The third-order valence-corrected chi connectivity index (χ3v) is 6.88. The van der Waals surface area contributed by atoms with Crippen LogP contribution in [-0.2, 0) is 12.1 Å². The molecule has 0 amide bonds. The first kappa shape index (κ1) is 19.9. The molecule has 1 spiro atoms. The maximum Gasteiger partial charge on any atom is 0.161 e. The number of anilines is 1. The number of pyridine rings is 1. The molecule has 0 unspecified atom stereocenters. The Labute approximate surface area is 187 Å². The van der Waals surface area contributed by atoms with E-state index < -0.39 is 0 Å². The summed E-state index contributed by atoms with van der Waals surface area (Å²) in [5.41, 5.74) is 3.25. The number of aromatic nitrogens is 3. The van der Waals surface area contributed by atoms with Crippen molar-refractivity contribution in [1.29, 1.82) is 0 Å². The van der Waals surface area contributed by atoms with Crippen molar-refractivity contribution < 1.29 is 0 Å². The highest BCUT2D eigenvalue weighted by molar-refractivity contribution is 6.33. The van der Waals surface area contributed by atoms with Crippen molar-refractivity contribution in [3.8, 4) is 5.82 Å². The molecule has 0 bridgehead atoms. The molecular formula is C23H25Cl2N5. The van der Waals surface area contributed by atoms with Crippen LogP contribution in [0.3, 0.4) is 0 Å². The predicted octanol–water partition coefficient (Wildman–Crippen LogP) is 5.61. The molecule has 0 saturated carbocycles. The van der Waals surface area contributed by atoms with E-state index in [-0.39, 0.29) is 5.54 Å². The minimum atomic E-state index is -0.134. The number of nitrogens with one attached hydrogen (secondary N) is 1. The van der Waals surface area contributed by atoms with Gasteiger partial charge in [-0.25, -0.2) is 9.97 Å². The van der Waals surface area contributed by atoms with Crippen molar-refractivity contribution in [2.24, 2.45) is 0 Å². The summed E-state index contributed by atoms with van der Waals surface area (Å²) in [5.74, 6) is 2.35. The van der Waals surface area contributed by atoms with Crippen molar-refractivity contribution in [1.82, 2.24) is 19.4 Å². The summed E-state index contributed by atoms with van der Waals surface area (Å²) in [6, 6.07) is 9.80. The molecule has 7 heteroatoms. The van der Waals surface area contributed by atoms with Crippen molar-refractivity contribution in [3.63, 3.8) is 0 Å². The number of hydrogen-bond acceptors (Lipinski definition) is 4. The first-order chi connectivity index (χ1) is 14.5. The number of likely N-dealkylation sites (tertiary alicyclic amines) is 1. The van der Waals surface area contributed by atoms with Gasteiger partial charge in [0, 0.05) is 41.8 Å². The van der Waals surface area contributed by atoms with Gasteiger partial charge in [-0.3, -0.25) is 9.47 Å². The predicted molar refractivity (Wildman–Crippen MR) is 122 cm³/mol. The summed E-state index contributed by atoms with van der Waals surface area (Å²) in [7, 11) is 0. The van der Waals surface area contributed by atoms with Crippen molar-refractivity contribution in [2.75, 3.05) is 18.4 Å². The molecule has 5 rings (SSSR count). The Kier molecular flexibility index (Phi) is 5.00. The van der Waals surface area contributed by atoms with Crippen molar-refractivity contribution in [3.05, 3.63) is 69.9 Å². The van der Waals surface area contributed by atoms with Gasteiger partial charge in [0.1, 0.15) is 5.82 Å². The molecule has 0 radical (unpaired) electrons. The fourth-order valence-corrected chi connectivity index (χ4v) is 5.08. The second-order valence-corrected chi connectivity index (χ2v) is 9.43. The van der Waals surface area contributed by atoms with Gasteiger partial charge in [-0.2, -0.15) is 0 Å². The lowest BCUT2D eigenvalue weighted by atomic mass is 9.82. The summed E-state index contributed by atoms with van der Waals surface area (Å²) in [5, 5.41) is 5.33. The van der Waals surface area contributed by atoms with E-state index in [1.54, 1.807) is 0 Å². The van der Waals surface area contributed by atoms with Crippen LogP contribution in [0.1, 0.15) is 49.7 Å². The van der Waals surface area contributed by atoms with E-state index >= 15 is 0 Å². The molecule has 0 aliphatic carbocycles. The Morgan fingerprint density at radius 1 is 1.13 bits per heavy atom. The number of halogens is 2. The van der Waals surface area contributed by atoms with Crippen LogP contribution in [0, 0.1) is 0 Å².